The Hall–Kier alpha value is -1.07. The number of benzene rings is 1. The third-order valence-corrected chi connectivity index (χ3v) is 4.36. The maximum atomic E-state index is 10.6. The molecular weight excluding hydrogens is 334 g/mol. The average Bonchev–Trinajstić information content (AvgIpc) is 2.48. The molecule has 0 radical (unpaired) electrons. The molecule has 1 aromatic carbocycles. The van der Waals surface area contributed by atoms with Crippen LogP contribution in [0.15, 0.2) is 22.7 Å². The molecule has 0 aromatic heterocycles. The Labute approximate surface area is 134 Å². The summed E-state index contributed by atoms with van der Waals surface area (Å²) in [6.07, 6.45) is 4.63. The number of aliphatic carboxylic acids is 1. The molecule has 0 atom stereocenters. The number of nitrogens with zero attached hydrogens (tertiary/aromatic N) is 1. The Kier molecular flexibility index (Phi) is 6.51. The van der Waals surface area contributed by atoms with Gasteiger partial charge in [-0.15, -0.1) is 0 Å². The Morgan fingerprint density at radius 3 is 2.71 bits per heavy atom. The zero-order chi connectivity index (χ0) is 15.1. The van der Waals surface area contributed by atoms with Gasteiger partial charge in [-0.25, -0.2) is 0 Å². The highest BCUT2D eigenvalue weighted by molar-refractivity contribution is 9.10. The summed E-state index contributed by atoms with van der Waals surface area (Å²) in [6.45, 7) is 4.01. The molecule has 116 valence electrons. The van der Waals surface area contributed by atoms with Gasteiger partial charge in [0.15, 0.2) is 0 Å². The molecule has 1 aromatic rings. The second kappa shape index (κ2) is 8.39. The van der Waals surface area contributed by atoms with Crippen LogP contribution in [0.2, 0.25) is 0 Å². The molecule has 21 heavy (non-hydrogen) atoms. The van der Waals surface area contributed by atoms with Gasteiger partial charge in [0.05, 0.1) is 4.47 Å². The molecule has 0 aliphatic carbocycles. The van der Waals surface area contributed by atoms with Gasteiger partial charge in [0.1, 0.15) is 12.4 Å². The van der Waals surface area contributed by atoms with Crippen molar-refractivity contribution in [1.82, 2.24) is 4.90 Å². The average molecular weight is 356 g/mol. The first-order chi connectivity index (χ1) is 10.1. The summed E-state index contributed by atoms with van der Waals surface area (Å²) in [7, 11) is 0. The van der Waals surface area contributed by atoms with E-state index in [0.717, 1.165) is 22.3 Å². The maximum absolute atomic E-state index is 10.6. The first-order valence-electron chi connectivity index (χ1n) is 7.50. The van der Waals surface area contributed by atoms with E-state index in [1.54, 1.807) is 0 Å². The van der Waals surface area contributed by atoms with Crippen LogP contribution in [0.4, 0.5) is 0 Å². The van der Waals surface area contributed by atoms with Gasteiger partial charge in [-0.05, 0) is 66.0 Å². The minimum absolute atomic E-state index is 0.154. The van der Waals surface area contributed by atoms with E-state index in [-0.39, 0.29) is 6.42 Å². The predicted molar refractivity (Wildman–Crippen MR) is 85.9 cm³/mol. The van der Waals surface area contributed by atoms with Crippen LogP contribution < -0.4 is 4.74 Å². The van der Waals surface area contributed by atoms with Gasteiger partial charge in [0.25, 0.3) is 0 Å². The lowest BCUT2D eigenvalue weighted by Gasteiger charge is -2.26. The van der Waals surface area contributed by atoms with E-state index in [9.17, 15) is 4.79 Å². The summed E-state index contributed by atoms with van der Waals surface area (Å²) in [5.74, 6) is 0.0547. The summed E-state index contributed by atoms with van der Waals surface area (Å²) in [4.78, 5) is 13.0. The SMILES string of the molecule is O=C(O)CCc1ccc(OCCN2CCCCC2)c(Br)c1. The molecule has 0 amide bonds. The van der Waals surface area contributed by atoms with Crippen molar-refractivity contribution in [2.75, 3.05) is 26.2 Å². The smallest absolute Gasteiger partial charge is 0.303 e. The van der Waals surface area contributed by atoms with Crippen molar-refractivity contribution in [1.29, 1.82) is 0 Å². The zero-order valence-electron chi connectivity index (χ0n) is 12.2. The fourth-order valence-electron chi connectivity index (χ4n) is 2.54. The number of carboxylic acids is 1. The molecule has 1 saturated heterocycles. The molecule has 2 rings (SSSR count). The number of carbonyl (C=O) groups is 1. The quantitative estimate of drug-likeness (QED) is 0.814. The van der Waals surface area contributed by atoms with Crippen molar-refractivity contribution in [3.05, 3.63) is 28.2 Å². The largest absolute Gasteiger partial charge is 0.491 e. The first kappa shape index (κ1) is 16.3. The molecule has 1 fully saturated rings. The van der Waals surface area contributed by atoms with Gasteiger partial charge in [-0.2, -0.15) is 0 Å². The summed E-state index contributed by atoms with van der Waals surface area (Å²) in [5, 5.41) is 8.70. The number of piperidine rings is 1. The van der Waals surface area contributed by atoms with E-state index in [4.69, 9.17) is 9.84 Å². The molecule has 5 heteroatoms. The second-order valence-corrected chi connectivity index (χ2v) is 6.26. The summed E-state index contributed by atoms with van der Waals surface area (Å²) < 4.78 is 6.71. The second-order valence-electron chi connectivity index (χ2n) is 5.41. The van der Waals surface area contributed by atoms with Crippen molar-refractivity contribution >= 4 is 21.9 Å². The van der Waals surface area contributed by atoms with E-state index in [2.05, 4.69) is 20.8 Å². The zero-order valence-corrected chi connectivity index (χ0v) is 13.8. The normalized spacial score (nSPS) is 15.9. The fraction of sp³-hybridized carbons (Fsp3) is 0.562. The van der Waals surface area contributed by atoms with Crippen LogP contribution in [-0.2, 0) is 11.2 Å². The number of hydrogen-bond acceptors (Lipinski definition) is 3. The fourth-order valence-corrected chi connectivity index (χ4v) is 3.08. The number of hydrogen-bond donors (Lipinski definition) is 1. The van der Waals surface area contributed by atoms with Gasteiger partial charge >= 0.3 is 5.97 Å². The number of aryl methyl sites for hydroxylation is 1. The van der Waals surface area contributed by atoms with E-state index in [0.29, 0.717) is 13.0 Å². The van der Waals surface area contributed by atoms with Gasteiger partial charge in [-0.3, -0.25) is 9.69 Å². The summed E-state index contributed by atoms with van der Waals surface area (Å²) in [6, 6.07) is 5.79. The van der Waals surface area contributed by atoms with Crippen LogP contribution in [0.25, 0.3) is 0 Å². The lowest BCUT2D eigenvalue weighted by molar-refractivity contribution is -0.136. The van der Waals surface area contributed by atoms with Crippen molar-refractivity contribution in [2.24, 2.45) is 0 Å². The molecule has 0 bridgehead atoms. The molecule has 1 N–H and O–H groups in total. The third-order valence-electron chi connectivity index (χ3n) is 3.74. The number of likely N-dealkylation sites (tertiary alicyclic amines) is 1. The Bertz CT molecular complexity index is 473. The van der Waals surface area contributed by atoms with E-state index in [1.807, 2.05) is 18.2 Å². The Balaban J connectivity index is 1.78. The number of halogens is 1. The number of ether oxygens (including phenoxy) is 1. The van der Waals surface area contributed by atoms with E-state index < -0.39 is 5.97 Å². The molecule has 0 unspecified atom stereocenters. The number of carboxylic acid groups (broad SMARTS) is 1. The minimum atomic E-state index is -0.770. The Morgan fingerprint density at radius 1 is 1.29 bits per heavy atom. The molecule has 0 saturated carbocycles. The molecule has 1 aliphatic rings. The molecule has 0 spiro atoms. The first-order valence-corrected chi connectivity index (χ1v) is 8.30. The lowest BCUT2D eigenvalue weighted by Crippen LogP contribution is -2.33. The van der Waals surface area contributed by atoms with Crippen molar-refractivity contribution < 1.29 is 14.6 Å². The standard InChI is InChI=1S/C16H22BrNO3/c17-14-12-13(5-7-16(19)20)4-6-15(14)21-11-10-18-8-2-1-3-9-18/h4,6,12H,1-3,5,7-11H2,(H,19,20). The molecule has 1 aliphatic heterocycles. The Morgan fingerprint density at radius 2 is 2.05 bits per heavy atom. The molecule has 1 heterocycles. The van der Waals surface area contributed by atoms with Crippen LogP contribution in [0, 0.1) is 0 Å². The van der Waals surface area contributed by atoms with E-state index in [1.165, 1.54) is 32.4 Å². The lowest BCUT2D eigenvalue weighted by atomic mass is 10.1. The minimum Gasteiger partial charge on any atom is -0.491 e. The van der Waals surface area contributed by atoms with Gasteiger partial charge in [-0.1, -0.05) is 12.5 Å². The third kappa shape index (κ3) is 5.67. The van der Waals surface area contributed by atoms with Crippen LogP contribution in [0.5, 0.6) is 5.75 Å². The highest BCUT2D eigenvalue weighted by atomic mass is 79.9. The van der Waals surface area contributed by atoms with Gasteiger partial charge < -0.3 is 9.84 Å². The van der Waals surface area contributed by atoms with Crippen LogP contribution in [0.1, 0.15) is 31.2 Å². The number of rotatable bonds is 7. The van der Waals surface area contributed by atoms with Crippen molar-refractivity contribution in [3.8, 4) is 5.75 Å². The van der Waals surface area contributed by atoms with Crippen LogP contribution in [0.3, 0.4) is 0 Å². The summed E-state index contributed by atoms with van der Waals surface area (Å²) in [5.41, 5.74) is 1.01. The highest BCUT2D eigenvalue weighted by Gasteiger charge is 2.10. The van der Waals surface area contributed by atoms with Crippen LogP contribution in [-0.4, -0.2) is 42.2 Å². The van der Waals surface area contributed by atoms with Crippen molar-refractivity contribution in [2.45, 2.75) is 32.1 Å². The monoisotopic (exact) mass is 355 g/mol. The van der Waals surface area contributed by atoms with Crippen molar-refractivity contribution in [3.63, 3.8) is 0 Å². The van der Waals surface area contributed by atoms with Crippen LogP contribution >= 0.6 is 15.9 Å². The highest BCUT2D eigenvalue weighted by Crippen LogP contribution is 2.26. The maximum Gasteiger partial charge on any atom is 0.303 e. The molecule has 4 nitrogen and oxygen atoms in total. The van der Waals surface area contributed by atoms with Gasteiger partial charge in [0, 0.05) is 13.0 Å². The van der Waals surface area contributed by atoms with E-state index >= 15 is 0 Å². The molecular formula is C16H22BrNO3. The summed E-state index contributed by atoms with van der Waals surface area (Å²) >= 11 is 3.49. The topological polar surface area (TPSA) is 49.8 Å². The van der Waals surface area contributed by atoms with Gasteiger partial charge in [0.2, 0.25) is 0 Å². The predicted octanol–water partition coefficient (Wildman–Crippen LogP) is 3.33.